The summed E-state index contributed by atoms with van der Waals surface area (Å²) in [5.74, 6) is 4.09. The van der Waals surface area contributed by atoms with Crippen LogP contribution in [0.25, 0.3) is 110 Å². The molecule has 400 valence electrons. The SMILES string of the molecule is CC(C)c1cccc(C(C)C)c1-c1c(-c2c(C(C)C)cccc2C(C)C)c2cccc3c4c(Oc5c(-c6ccccc6)cccc5-c5ccccc5)ccc5cccc(c(c1Oc1c(-c6ccccc6)cccc1-c1ccccc1)c23)c54. The van der Waals surface area contributed by atoms with E-state index in [1.165, 1.54) is 44.3 Å². The van der Waals surface area contributed by atoms with Crippen molar-refractivity contribution in [3.8, 4) is 89.8 Å². The topological polar surface area (TPSA) is 18.5 Å². The van der Waals surface area contributed by atoms with Crippen molar-refractivity contribution >= 4 is 43.1 Å². The molecule has 0 N–H and O–H groups in total. The number of benzene rings is 13. The zero-order valence-electron chi connectivity index (χ0n) is 48.2. The van der Waals surface area contributed by atoms with E-state index in [0.717, 1.165) is 111 Å². The second-order valence-electron chi connectivity index (χ2n) is 23.3. The highest BCUT2D eigenvalue weighted by molar-refractivity contribution is 6.38. The largest absolute Gasteiger partial charge is 0.455 e. The van der Waals surface area contributed by atoms with Crippen molar-refractivity contribution in [2.45, 2.75) is 79.1 Å². The highest BCUT2D eigenvalue weighted by Crippen LogP contribution is 2.60. The fourth-order valence-electron chi connectivity index (χ4n) is 13.1. The summed E-state index contributed by atoms with van der Waals surface area (Å²) >= 11 is 0. The van der Waals surface area contributed by atoms with Gasteiger partial charge in [0, 0.05) is 54.9 Å². The van der Waals surface area contributed by atoms with Gasteiger partial charge in [0.25, 0.3) is 0 Å². The van der Waals surface area contributed by atoms with E-state index >= 15 is 0 Å². The van der Waals surface area contributed by atoms with Crippen molar-refractivity contribution in [2.24, 2.45) is 0 Å². The Morgan fingerprint density at radius 3 is 1.01 bits per heavy atom. The van der Waals surface area contributed by atoms with Crippen LogP contribution >= 0.6 is 0 Å². The third-order valence-corrected chi connectivity index (χ3v) is 16.9. The van der Waals surface area contributed by atoms with Crippen molar-refractivity contribution < 1.29 is 9.47 Å². The molecule has 13 aromatic carbocycles. The van der Waals surface area contributed by atoms with Gasteiger partial charge < -0.3 is 9.47 Å². The van der Waals surface area contributed by atoms with Gasteiger partial charge in [-0.1, -0.05) is 292 Å². The highest BCUT2D eigenvalue weighted by atomic mass is 16.5. The van der Waals surface area contributed by atoms with E-state index in [1.807, 2.05) is 0 Å². The Morgan fingerprint density at radius 2 is 0.585 bits per heavy atom. The minimum Gasteiger partial charge on any atom is -0.455 e. The second-order valence-corrected chi connectivity index (χ2v) is 23.3. The molecule has 0 saturated heterocycles. The van der Waals surface area contributed by atoms with Gasteiger partial charge >= 0.3 is 0 Å². The summed E-state index contributed by atoms with van der Waals surface area (Å²) in [4.78, 5) is 0. The Kier molecular flexibility index (Phi) is 13.8. The summed E-state index contributed by atoms with van der Waals surface area (Å²) < 4.78 is 16.2. The van der Waals surface area contributed by atoms with Crippen molar-refractivity contribution in [1.29, 1.82) is 0 Å². The van der Waals surface area contributed by atoms with E-state index in [9.17, 15) is 0 Å². The third kappa shape index (κ3) is 8.99. The molecule has 0 amide bonds. The summed E-state index contributed by atoms with van der Waals surface area (Å²) in [7, 11) is 0. The summed E-state index contributed by atoms with van der Waals surface area (Å²) in [6.45, 7) is 18.8. The summed E-state index contributed by atoms with van der Waals surface area (Å²) in [5, 5.41) is 8.96. The first kappa shape index (κ1) is 52.2. The van der Waals surface area contributed by atoms with Gasteiger partial charge in [0.05, 0.1) is 0 Å². The van der Waals surface area contributed by atoms with E-state index in [2.05, 4.69) is 298 Å². The second kappa shape index (κ2) is 21.7. The lowest BCUT2D eigenvalue weighted by Gasteiger charge is -2.31. The number of ether oxygens (including phenoxy) is 2. The molecule has 13 rings (SSSR count). The van der Waals surface area contributed by atoms with Gasteiger partial charge in [0.15, 0.2) is 0 Å². The first-order valence-corrected chi connectivity index (χ1v) is 29.4. The molecule has 2 heteroatoms. The molecular weight excluding hydrogens is 993 g/mol. The first-order chi connectivity index (χ1) is 40.1. The molecule has 0 radical (unpaired) electrons. The number of hydrogen-bond donors (Lipinski definition) is 0. The highest BCUT2D eigenvalue weighted by Gasteiger charge is 2.33. The average molecular weight is 1060 g/mol. The Balaban J connectivity index is 1.27. The standard InChI is InChI=1S/C80H68O2/c1-49(2)58-36-22-37-59(50(3)4)71(58)75-68-46-26-45-67-73(68)76(66-44-21-35-57-47-48-69(74(67)70(57)66)81-78-62(53-27-13-9-14-28-53)40-24-41-63(78)54-29-15-10-16-30-54)80(77(75)72-60(51(5)6)38-23-39-61(72)52(7)8)82-79-64(55-31-17-11-18-32-55)42-25-43-65(79)56-33-19-12-20-34-56/h9-52H,1-8H3. The molecule has 0 aliphatic heterocycles. The molecule has 13 aromatic rings. The molecule has 0 atom stereocenters. The first-order valence-electron chi connectivity index (χ1n) is 29.4. The zero-order valence-corrected chi connectivity index (χ0v) is 48.2. The predicted molar refractivity (Wildman–Crippen MR) is 350 cm³/mol. The maximum Gasteiger partial charge on any atom is 0.144 e. The molecule has 0 spiro atoms. The number of rotatable bonds is 14. The van der Waals surface area contributed by atoms with Crippen LogP contribution in [-0.4, -0.2) is 0 Å². The molecule has 0 bridgehead atoms. The van der Waals surface area contributed by atoms with Gasteiger partial charge in [0.2, 0.25) is 0 Å². The van der Waals surface area contributed by atoms with E-state index < -0.39 is 0 Å². The van der Waals surface area contributed by atoms with Gasteiger partial charge in [-0.25, -0.2) is 0 Å². The molecule has 0 aliphatic carbocycles. The molecule has 2 nitrogen and oxygen atoms in total. The monoisotopic (exact) mass is 1060 g/mol. The predicted octanol–water partition coefficient (Wildman–Crippen LogP) is 23.8. The molecule has 0 aromatic heterocycles. The summed E-state index contributed by atoms with van der Waals surface area (Å²) in [5.41, 5.74) is 18.5. The summed E-state index contributed by atoms with van der Waals surface area (Å²) in [6.07, 6.45) is 0. The van der Waals surface area contributed by atoms with Crippen LogP contribution in [0.15, 0.2) is 243 Å². The Bertz CT molecular complexity index is 4310. The zero-order chi connectivity index (χ0) is 56.2. The van der Waals surface area contributed by atoms with E-state index in [0.29, 0.717) is 0 Å². The quantitative estimate of drug-likeness (QED) is 0.0798. The van der Waals surface area contributed by atoms with Gasteiger partial charge in [-0.3, -0.25) is 0 Å². The molecule has 0 aliphatic rings. The van der Waals surface area contributed by atoms with Crippen LogP contribution in [0.5, 0.6) is 23.0 Å². The lowest BCUT2D eigenvalue weighted by Crippen LogP contribution is -2.07. The number of para-hydroxylation sites is 2. The lowest BCUT2D eigenvalue weighted by molar-refractivity contribution is 0.492. The fraction of sp³-hybridized carbons (Fsp3) is 0.150. The average Bonchev–Trinajstić information content (AvgIpc) is 3.43. The van der Waals surface area contributed by atoms with Gasteiger partial charge in [0.1, 0.15) is 23.0 Å². The molecule has 0 heterocycles. The van der Waals surface area contributed by atoms with Crippen molar-refractivity contribution in [3.05, 3.63) is 265 Å². The molecule has 0 fully saturated rings. The third-order valence-electron chi connectivity index (χ3n) is 16.9. The number of hydrogen-bond acceptors (Lipinski definition) is 2. The maximum atomic E-state index is 8.46. The van der Waals surface area contributed by atoms with Crippen LogP contribution in [0, 0.1) is 0 Å². The molecular formula is C80H68O2. The minimum absolute atomic E-state index is 0.192. The number of fused-ring (bicyclic) bond motifs is 2. The van der Waals surface area contributed by atoms with Crippen LogP contribution in [0.4, 0.5) is 0 Å². The Hall–Kier alpha value is -9.24. The van der Waals surface area contributed by atoms with E-state index in [4.69, 9.17) is 9.47 Å². The normalized spacial score (nSPS) is 11.9. The molecule has 82 heavy (non-hydrogen) atoms. The minimum atomic E-state index is 0.192. The van der Waals surface area contributed by atoms with Gasteiger partial charge in [-0.15, -0.1) is 0 Å². The van der Waals surface area contributed by atoms with Gasteiger partial charge in [-0.2, -0.15) is 0 Å². The Morgan fingerprint density at radius 1 is 0.232 bits per heavy atom. The smallest absolute Gasteiger partial charge is 0.144 e. The van der Waals surface area contributed by atoms with Crippen molar-refractivity contribution in [2.75, 3.05) is 0 Å². The molecule has 0 saturated carbocycles. The maximum absolute atomic E-state index is 8.46. The van der Waals surface area contributed by atoms with Gasteiger partial charge in [-0.05, 0) is 107 Å². The van der Waals surface area contributed by atoms with Crippen molar-refractivity contribution in [3.63, 3.8) is 0 Å². The van der Waals surface area contributed by atoms with Crippen LogP contribution in [0.2, 0.25) is 0 Å². The molecule has 0 unspecified atom stereocenters. The van der Waals surface area contributed by atoms with Crippen LogP contribution < -0.4 is 9.47 Å². The van der Waals surface area contributed by atoms with E-state index in [-0.39, 0.29) is 23.7 Å². The lowest BCUT2D eigenvalue weighted by atomic mass is 9.75. The van der Waals surface area contributed by atoms with Crippen LogP contribution in [0.1, 0.15) is 101 Å². The van der Waals surface area contributed by atoms with Crippen molar-refractivity contribution in [1.82, 2.24) is 0 Å². The fourth-order valence-corrected chi connectivity index (χ4v) is 13.1. The summed E-state index contributed by atoms with van der Waals surface area (Å²) in [6, 6.07) is 88.4. The van der Waals surface area contributed by atoms with Crippen LogP contribution in [-0.2, 0) is 0 Å². The van der Waals surface area contributed by atoms with E-state index in [1.54, 1.807) is 0 Å². The Labute approximate surface area is 483 Å². The van der Waals surface area contributed by atoms with Crippen LogP contribution in [0.3, 0.4) is 0 Å².